The fourth-order valence-electron chi connectivity index (χ4n) is 7.19. The number of aromatic nitrogens is 2. The first-order valence-electron chi connectivity index (χ1n) is 11.5. The van der Waals surface area contributed by atoms with Gasteiger partial charge in [-0.3, -0.25) is 9.69 Å². The van der Waals surface area contributed by atoms with Gasteiger partial charge in [0.25, 0.3) is 5.91 Å². The molecule has 3 unspecified atom stereocenters. The molecule has 7 nitrogen and oxygen atoms in total. The van der Waals surface area contributed by atoms with E-state index in [-0.39, 0.29) is 6.04 Å². The summed E-state index contributed by atoms with van der Waals surface area (Å²) >= 11 is 0. The van der Waals surface area contributed by atoms with Gasteiger partial charge in [0.05, 0.1) is 16.9 Å². The number of nitrogens with one attached hydrogen (secondary N) is 2. The summed E-state index contributed by atoms with van der Waals surface area (Å²) in [6.45, 7) is 3.09. The second-order valence-electron chi connectivity index (χ2n) is 10.3. The molecule has 1 saturated heterocycles. The molecule has 7 rings (SSSR count). The lowest BCUT2D eigenvalue weighted by Gasteiger charge is -2.58. The number of amides is 1. The zero-order chi connectivity index (χ0) is 20.5. The van der Waals surface area contributed by atoms with Gasteiger partial charge in [-0.2, -0.15) is 0 Å². The molecular formula is C23H31N5O2. The highest BCUT2D eigenvalue weighted by Crippen LogP contribution is 2.56. The monoisotopic (exact) mass is 409 g/mol. The van der Waals surface area contributed by atoms with Gasteiger partial charge >= 0.3 is 0 Å². The molecule has 5 N–H and O–H groups in total. The Hall–Kier alpha value is -2.12. The number of hydrogen-bond acceptors (Lipinski definition) is 5. The van der Waals surface area contributed by atoms with Gasteiger partial charge in [0.2, 0.25) is 0 Å². The molecular weight excluding hydrogens is 378 g/mol. The van der Waals surface area contributed by atoms with Crippen LogP contribution in [0.25, 0.3) is 11.0 Å². The minimum Gasteiger partial charge on any atom is -0.390 e. The maximum absolute atomic E-state index is 12.3. The third kappa shape index (κ3) is 2.94. The molecule has 0 radical (unpaired) electrons. The van der Waals surface area contributed by atoms with E-state index in [0.29, 0.717) is 23.3 Å². The van der Waals surface area contributed by atoms with Crippen molar-refractivity contribution < 1.29 is 9.90 Å². The van der Waals surface area contributed by atoms with Crippen LogP contribution in [-0.4, -0.2) is 50.6 Å². The molecule has 1 amide bonds. The Morgan fingerprint density at radius 1 is 1.27 bits per heavy atom. The van der Waals surface area contributed by atoms with Crippen molar-refractivity contribution in [3.05, 3.63) is 23.5 Å². The molecule has 3 heterocycles. The van der Waals surface area contributed by atoms with Gasteiger partial charge in [-0.15, -0.1) is 0 Å². The van der Waals surface area contributed by atoms with E-state index < -0.39 is 11.5 Å². The number of pyridine rings is 1. The Balaban J connectivity index is 1.39. The number of likely N-dealkylation sites (tertiary alicyclic amines) is 1. The number of H-pyrrole nitrogens is 1. The van der Waals surface area contributed by atoms with Crippen LogP contribution in [0.1, 0.15) is 60.9 Å². The maximum Gasteiger partial charge on any atom is 0.252 e. The lowest BCUT2D eigenvalue weighted by molar-refractivity contribution is -0.129. The molecule has 2 aromatic heterocycles. The minimum absolute atomic E-state index is 0.278. The normalized spacial score (nSPS) is 35.4. The summed E-state index contributed by atoms with van der Waals surface area (Å²) in [4.78, 5) is 22.6. The summed E-state index contributed by atoms with van der Waals surface area (Å²) in [5.74, 6) is 1.11. The lowest BCUT2D eigenvalue weighted by atomic mass is 9.52. The minimum atomic E-state index is -0.468. The topological polar surface area (TPSA) is 107 Å². The number of carbonyl (C=O) groups excluding carboxylic acids is 1. The Morgan fingerprint density at radius 3 is 2.67 bits per heavy atom. The van der Waals surface area contributed by atoms with E-state index in [1.807, 2.05) is 6.20 Å². The number of rotatable bonds is 5. The molecule has 5 atom stereocenters. The van der Waals surface area contributed by atoms with Gasteiger partial charge < -0.3 is 21.1 Å². The number of primary amides is 1. The molecule has 0 aromatic carbocycles. The summed E-state index contributed by atoms with van der Waals surface area (Å²) in [7, 11) is 0. The van der Waals surface area contributed by atoms with Crippen LogP contribution in [0.3, 0.4) is 0 Å². The molecule has 4 saturated carbocycles. The zero-order valence-electron chi connectivity index (χ0n) is 17.4. The molecule has 160 valence electrons. The third-order valence-electron chi connectivity index (χ3n) is 8.19. The SMILES string of the molecule is NC(=O)c1cnc2[nH]cc(CN3CCCC3)c2c1NC1[C@@H]2CC3C[C@H]1CC(O)(C3)C2. The van der Waals surface area contributed by atoms with E-state index in [1.165, 1.54) is 31.2 Å². The molecule has 5 aliphatic rings. The summed E-state index contributed by atoms with van der Waals surface area (Å²) < 4.78 is 0. The van der Waals surface area contributed by atoms with E-state index in [0.717, 1.165) is 55.6 Å². The first kappa shape index (κ1) is 18.6. The van der Waals surface area contributed by atoms with Crippen molar-refractivity contribution in [2.45, 2.75) is 63.1 Å². The van der Waals surface area contributed by atoms with Crippen LogP contribution in [-0.2, 0) is 6.54 Å². The molecule has 2 aromatic rings. The van der Waals surface area contributed by atoms with Gasteiger partial charge in [-0.1, -0.05) is 0 Å². The van der Waals surface area contributed by atoms with Gasteiger partial charge in [0, 0.05) is 30.4 Å². The largest absolute Gasteiger partial charge is 0.390 e. The highest BCUT2D eigenvalue weighted by atomic mass is 16.3. The Labute approximate surface area is 176 Å². The zero-order valence-corrected chi connectivity index (χ0v) is 17.4. The van der Waals surface area contributed by atoms with Crippen LogP contribution in [0.15, 0.2) is 12.4 Å². The van der Waals surface area contributed by atoms with Crippen molar-refractivity contribution in [2.24, 2.45) is 23.5 Å². The maximum atomic E-state index is 12.3. The summed E-state index contributed by atoms with van der Waals surface area (Å²) in [5.41, 5.74) is 8.60. The summed E-state index contributed by atoms with van der Waals surface area (Å²) in [6.07, 6.45) is 11.2. The average Bonchev–Trinajstić information content (AvgIpc) is 3.34. The van der Waals surface area contributed by atoms with Crippen LogP contribution in [0, 0.1) is 17.8 Å². The van der Waals surface area contributed by atoms with E-state index in [9.17, 15) is 9.90 Å². The highest BCUT2D eigenvalue weighted by Gasteiger charge is 2.54. The fraction of sp³-hybridized carbons (Fsp3) is 0.652. The van der Waals surface area contributed by atoms with Crippen molar-refractivity contribution in [1.82, 2.24) is 14.9 Å². The second kappa shape index (κ2) is 6.69. The molecule has 5 fully saturated rings. The number of aromatic amines is 1. The smallest absolute Gasteiger partial charge is 0.252 e. The molecule has 1 aliphatic heterocycles. The van der Waals surface area contributed by atoms with Crippen LogP contribution < -0.4 is 11.1 Å². The number of nitrogens with zero attached hydrogens (tertiary/aromatic N) is 2. The Bertz CT molecular complexity index is 979. The van der Waals surface area contributed by atoms with Gasteiger partial charge in [0.15, 0.2) is 0 Å². The predicted octanol–water partition coefficient (Wildman–Crippen LogP) is 2.61. The van der Waals surface area contributed by atoms with Crippen molar-refractivity contribution in [1.29, 1.82) is 0 Å². The highest BCUT2D eigenvalue weighted by molar-refractivity contribution is 6.07. The third-order valence-corrected chi connectivity index (χ3v) is 8.19. The van der Waals surface area contributed by atoms with Gasteiger partial charge in [0.1, 0.15) is 5.65 Å². The van der Waals surface area contributed by atoms with Crippen LogP contribution in [0.2, 0.25) is 0 Å². The van der Waals surface area contributed by atoms with Crippen molar-refractivity contribution in [3.8, 4) is 0 Å². The Kier molecular flexibility index (Phi) is 4.15. The number of carbonyl (C=O) groups is 1. The van der Waals surface area contributed by atoms with Crippen molar-refractivity contribution in [3.63, 3.8) is 0 Å². The molecule has 4 bridgehead atoms. The number of aliphatic hydroxyl groups is 1. The first-order valence-corrected chi connectivity index (χ1v) is 11.5. The first-order chi connectivity index (χ1) is 14.5. The van der Waals surface area contributed by atoms with Gasteiger partial charge in [-0.05, 0) is 81.4 Å². The van der Waals surface area contributed by atoms with E-state index in [4.69, 9.17) is 5.73 Å². The van der Waals surface area contributed by atoms with Crippen LogP contribution >= 0.6 is 0 Å². The van der Waals surface area contributed by atoms with Gasteiger partial charge in [-0.25, -0.2) is 4.98 Å². The molecule has 4 aliphatic carbocycles. The number of nitrogens with two attached hydrogens (primary N) is 1. The molecule has 30 heavy (non-hydrogen) atoms. The van der Waals surface area contributed by atoms with E-state index in [1.54, 1.807) is 6.20 Å². The van der Waals surface area contributed by atoms with E-state index >= 15 is 0 Å². The quantitative estimate of drug-likeness (QED) is 0.607. The van der Waals surface area contributed by atoms with Crippen LogP contribution in [0.4, 0.5) is 5.69 Å². The predicted molar refractivity (Wildman–Crippen MR) is 115 cm³/mol. The molecule has 0 spiro atoms. The number of anilines is 1. The lowest BCUT2D eigenvalue weighted by Crippen LogP contribution is -2.59. The van der Waals surface area contributed by atoms with Crippen molar-refractivity contribution >= 4 is 22.6 Å². The van der Waals surface area contributed by atoms with Crippen LogP contribution in [0.5, 0.6) is 0 Å². The second-order valence-corrected chi connectivity index (χ2v) is 10.3. The molecule has 7 heteroatoms. The standard InChI is InChI=1S/C23H31N5O2/c24-21(29)17-11-26-22-18(16(10-25-22)12-28-3-1-2-4-28)20(17)27-19-14-5-13-6-15(19)9-23(30,7-13)8-14/h10-11,13-15,19,30H,1-9,12H2,(H2,24,29)(H2,25,26,27)/t13?,14-,15+,19?,23?. The fourth-order valence-corrected chi connectivity index (χ4v) is 7.19. The number of fused-ring (bicyclic) bond motifs is 1. The average molecular weight is 410 g/mol. The summed E-state index contributed by atoms with van der Waals surface area (Å²) in [5, 5.41) is 15.7. The van der Waals surface area contributed by atoms with Crippen molar-refractivity contribution in [2.75, 3.05) is 18.4 Å². The van der Waals surface area contributed by atoms with E-state index in [2.05, 4.69) is 20.2 Å². The summed E-state index contributed by atoms with van der Waals surface area (Å²) in [6, 6.07) is 0.278. The number of hydrogen-bond donors (Lipinski definition) is 4. The Morgan fingerprint density at radius 2 is 2.00 bits per heavy atom.